The second-order valence-corrected chi connectivity index (χ2v) is 9.45. The molecule has 0 bridgehead atoms. The van der Waals surface area contributed by atoms with Crippen LogP contribution in [0.3, 0.4) is 0 Å². The van der Waals surface area contributed by atoms with Gasteiger partial charge in [-0.2, -0.15) is 5.26 Å². The summed E-state index contributed by atoms with van der Waals surface area (Å²) < 4.78 is 5.62. The van der Waals surface area contributed by atoms with Crippen molar-refractivity contribution in [3.05, 3.63) is 84.4 Å². The third-order valence-corrected chi connectivity index (χ3v) is 5.38. The summed E-state index contributed by atoms with van der Waals surface area (Å²) in [6.45, 7) is 19.9. The predicted molar refractivity (Wildman–Crippen MR) is 169 cm³/mol. The Kier molecular flexibility index (Phi) is 26.0. The smallest absolute Gasteiger partial charge is 0.211 e. The minimum atomic E-state index is -0.496. The van der Waals surface area contributed by atoms with E-state index in [9.17, 15) is 9.59 Å². The predicted octanol–water partition coefficient (Wildman–Crippen LogP) is 3.93. The highest BCUT2D eigenvalue weighted by Crippen LogP contribution is 2.04. The molecule has 2 aromatic carbocycles. The largest absolute Gasteiger partial charge is 0.375 e. The van der Waals surface area contributed by atoms with Crippen molar-refractivity contribution >= 4 is 12.7 Å². The van der Waals surface area contributed by atoms with Crippen LogP contribution >= 0.6 is 0 Å². The van der Waals surface area contributed by atoms with Gasteiger partial charge in [0.15, 0.2) is 0 Å². The van der Waals surface area contributed by atoms with Crippen molar-refractivity contribution in [2.45, 2.75) is 53.4 Å². The van der Waals surface area contributed by atoms with Gasteiger partial charge in [0.1, 0.15) is 12.8 Å². The molecule has 2 aromatic rings. The molecule has 0 fully saturated rings. The Morgan fingerprint density at radius 1 is 1.05 bits per heavy atom. The van der Waals surface area contributed by atoms with Crippen LogP contribution in [0.5, 0.6) is 0 Å². The highest BCUT2D eigenvalue weighted by atomic mass is 16.5. The lowest BCUT2D eigenvalue weighted by Crippen LogP contribution is -2.49. The maximum atomic E-state index is 10.8. The normalized spacial score (nSPS) is 10.7. The molecule has 3 N–H and O–H groups in total. The SMILES string of the molecule is C=C.CCN(CC#N)NC(C)C.Cc1ccc(COCCN(C)CC(N)N(C=O)CC=O)cc1.Cc1ccccc1. The quantitative estimate of drug-likeness (QED) is 0.0830. The van der Waals surface area contributed by atoms with E-state index in [2.05, 4.69) is 88.7 Å². The third-order valence-electron chi connectivity index (χ3n) is 5.38. The molecular formula is C32H52N6O3. The number of hydrogen-bond donors (Lipinski definition) is 2. The van der Waals surface area contributed by atoms with Crippen molar-refractivity contribution < 1.29 is 14.3 Å². The van der Waals surface area contributed by atoms with E-state index in [4.69, 9.17) is 15.7 Å². The van der Waals surface area contributed by atoms with Gasteiger partial charge in [0, 0.05) is 25.7 Å². The summed E-state index contributed by atoms with van der Waals surface area (Å²) in [5, 5.41) is 10.2. The van der Waals surface area contributed by atoms with E-state index in [0.29, 0.717) is 51.6 Å². The third kappa shape index (κ3) is 23.1. The molecular weight excluding hydrogens is 516 g/mol. The maximum absolute atomic E-state index is 10.8. The summed E-state index contributed by atoms with van der Waals surface area (Å²) in [6, 6.07) is 21.0. The summed E-state index contributed by atoms with van der Waals surface area (Å²) in [4.78, 5) is 24.5. The van der Waals surface area contributed by atoms with E-state index in [1.165, 1.54) is 16.0 Å². The fourth-order valence-corrected chi connectivity index (χ4v) is 3.19. The Labute approximate surface area is 248 Å². The molecule has 0 aromatic heterocycles. The first kappa shape index (κ1) is 39.8. The zero-order valence-corrected chi connectivity index (χ0v) is 26.0. The number of likely N-dealkylation sites (N-methyl/N-ethyl adjacent to an activating group) is 1. The highest BCUT2D eigenvalue weighted by Gasteiger charge is 2.13. The van der Waals surface area contributed by atoms with Gasteiger partial charge in [0.25, 0.3) is 0 Å². The average Bonchev–Trinajstić information content (AvgIpc) is 2.96. The Bertz CT molecular complexity index is 935. The zero-order valence-electron chi connectivity index (χ0n) is 26.0. The molecule has 41 heavy (non-hydrogen) atoms. The summed E-state index contributed by atoms with van der Waals surface area (Å²) in [6.07, 6.45) is 0.768. The fourth-order valence-electron chi connectivity index (χ4n) is 3.19. The number of aldehydes is 1. The van der Waals surface area contributed by atoms with Gasteiger partial charge < -0.3 is 25.1 Å². The maximum Gasteiger partial charge on any atom is 0.211 e. The average molecular weight is 569 g/mol. The fraction of sp³-hybridized carbons (Fsp3) is 0.469. The van der Waals surface area contributed by atoms with Crippen LogP contribution in [-0.4, -0.2) is 86.1 Å². The molecule has 0 saturated carbocycles. The van der Waals surface area contributed by atoms with Gasteiger partial charge in [-0.15, -0.1) is 13.2 Å². The standard InChI is InChI=1S/C16H25N3O3.C7H15N3.C7H8.C2H4/c1-14-3-5-15(6-4-14)12-22-10-8-18(2)11-16(17)19(13-21)7-9-20;1-4-10(6-5-8)9-7(2)3;1-7-5-3-2-4-6-7;1-2/h3-6,9,13,16H,7-8,10-12,17H2,1-2H3;7,9H,4,6H2,1-3H3;2-6H,1H3;1-2H2. The Hall–Kier alpha value is -3.39. The molecule has 2 rings (SSSR count). The molecule has 0 heterocycles. The van der Waals surface area contributed by atoms with Crippen LogP contribution in [-0.2, 0) is 20.9 Å². The van der Waals surface area contributed by atoms with E-state index in [0.717, 1.165) is 12.1 Å². The van der Waals surface area contributed by atoms with Crippen LogP contribution in [0, 0.1) is 25.2 Å². The number of amides is 1. The summed E-state index contributed by atoms with van der Waals surface area (Å²) >= 11 is 0. The van der Waals surface area contributed by atoms with E-state index < -0.39 is 6.17 Å². The van der Waals surface area contributed by atoms with Crippen molar-refractivity contribution in [2.75, 3.05) is 46.4 Å². The van der Waals surface area contributed by atoms with Crippen molar-refractivity contribution in [1.82, 2.24) is 20.2 Å². The molecule has 9 nitrogen and oxygen atoms in total. The van der Waals surface area contributed by atoms with Crippen molar-refractivity contribution in [3.8, 4) is 6.07 Å². The second kappa shape index (κ2) is 26.8. The van der Waals surface area contributed by atoms with Gasteiger partial charge in [-0.25, -0.2) is 5.01 Å². The number of rotatable bonds is 15. The number of carbonyl (C=O) groups excluding carboxylic acids is 2. The van der Waals surface area contributed by atoms with Crippen molar-refractivity contribution in [3.63, 3.8) is 0 Å². The number of nitriles is 1. The van der Waals surface area contributed by atoms with Gasteiger partial charge in [0.05, 0.1) is 32.0 Å². The molecule has 0 spiro atoms. The molecule has 0 radical (unpaired) electrons. The lowest BCUT2D eigenvalue weighted by molar-refractivity contribution is -0.124. The number of hydrazine groups is 1. The lowest BCUT2D eigenvalue weighted by Gasteiger charge is -2.27. The minimum Gasteiger partial charge on any atom is -0.375 e. The molecule has 0 aliphatic rings. The lowest BCUT2D eigenvalue weighted by atomic mass is 10.2. The van der Waals surface area contributed by atoms with E-state index >= 15 is 0 Å². The number of ether oxygens (including phenoxy) is 1. The Balaban J connectivity index is 0. The van der Waals surface area contributed by atoms with Gasteiger partial charge in [0.2, 0.25) is 6.41 Å². The van der Waals surface area contributed by atoms with E-state index in [1.807, 2.05) is 42.1 Å². The molecule has 0 saturated heterocycles. The molecule has 1 unspecified atom stereocenters. The minimum absolute atomic E-state index is 0.0163. The first-order valence-electron chi connectivity index (χ1n) is 13.8. The summed E-state index contributed by atoms with van der Waals surface area (Å²) in [5.41, 5.74) is 12.7. The number of aryl methyl sites for hydroxylation is 2. The van der Waals surface area contributed by atoms with E-state index in [-0.39, 0.29) is 6.54 Å². The zero-order chi connectivity index (χ0) is 31.5. The monoisotopic (exact) mass is 568 g/mol. The molecule has 9 heteroatoms. The second-order valence-electron chi connectivity index (χ2n) is 9.45. The molecule has 0 aliphatic carbocycles. The topological polar surface area (TPSA) is 115 Å². The van der Waals surface area contributed by atoms with Crippen LogP contribution in [0.2, 0.25) is 0 Å². The number of nitrogens with two attached hydrogens (primary N) is 1. The summed E-state index contributed by atoms with van der Waals surface area (Å²) in [7, 11) is 1.90. The van der Waals surface area contributed by atoms with Crippen molar-refractivity contribution in [2.24, 2.45) is 5.73 Å². The summed E-state index contributed by atoms with van der Waals surface area (Å²) in [5.74, 6) is 0. The van der Waals surface area contributed by atoms with Crippen LogP contribution < -0.4 is 11.2 Å². The number of nitrogens with zero attached hydrogens (tertiary/aromatic N) is 4. The van der Waals surface area contributed by atoms with Crippen LogP contribution in [0.15, 0.2) is 67.8 Å². The van der Waals surface area contributed by atoms with Gasteiger partial charge in [-0.05, 0) is 40.3 Å². The molecule has 0 aliphatic heterocycles. The number of nitrogens with one attached hydrogen (secondary N) is 1. The number of carbonyl (C=O) groups is 2. The number of benzene rings is 2. The first-order valence-corrected chi connectivity index (χ1v) is 13.8. The van der Waals surface area contributed by atoms with Gasteiger partial charge >= 0.3 is 0 Å². The molecule has 228 valence electrons. The van der Waals surface area contributed by atoms with Crippen LogP contribution in [0.1, 0.15) is 37.5 Å². The Morgan fingerprint density at radius 3 is 2.07 bits per heavy atom. The molecule has 1 amide bonds. The van der Waals surface area contributed by atoms with Gasteiger partial charge in [-0.1, -0.05) is 72.6 Å². The highest BCUT2D eigenvalue weighted by molar-refractivity contribution is 5.59. The molecule has 1 atom stereocenters. The van der Waals surface area contributed by atoms with Crippen LogP contribution in [0.25, 0.3) is 0 Å². The first-order chi connectivity index (χ1) is 19.7. The van der Waals surface area contributed by atoms with Crippen molar-refractivity contribution in [1.29, 1.82) is 5.26 Å². The van der Waals surface area contributed by atoms with Crippen LogP contribution in [0.4, 0.5) is 0 Å². The number of hydrogen-bond acceptors (Lipinski definition) is 8. The van der Waals surface area contributed by atoms with E-state index in [1.54, 1.807) is 0 Å². The Morgan fingerprint density at radius 2 is 1.63 bits per heavy atom. The van der Waals surface area contributed by atoms with Gasteiger partial charge in [-0.3, -0.25) is 10.2 Å².